The molecule has 0 aromatic heterocycles. The first-order chi connectivity index (χ1) is 13.5. The number of benzene rings is 2. The van der Waals surface area contributed by atoms with Crippen LogP contribution in [0.25, 0.3) is 0 Å². The number of ether oxygens (including phenoxy) is 2. The molecule has 0 aliphatic heterocycles. The Morgan fingerprint density at radius 1 is 1.00 bits per heavy atom. The summed E-state index contributed by atoms with van der Waals surface area (Å²) in [6.07, 6.45) is 1.78. The summed E-state index contributed by atoms with van der Waals surface area (Å²) in [4.78, 5) is 35.5. The van der Waals surface area contributed by atoms with Gasteiger partial charge in [-0.3, -0.25) is 9.59 Å². The molecule has 2 N–H and O–H groups in total. The first kappa shape index (κ1) is 21.0. The lowest BCUT2D eigenvalue weighted by molar-refractivity contribution is -0.118. The van der Waals surface area contributed by atoms with Crippen molar-refractivity contribution in [1.29, 1.82) is 0 Å². The zero-order valence-electron chi connectivity index (χ0n) is 16.0. The molecule has 2 rings (SSSR count). The molecule has 0 atom stereocenters. The van der Waals surface area contributed by atoms with Crippen LogP contribution in [0, 0.1) is 0 Å². The first-order valence-electron chi connectivity index (χ1n) is 9.05. The van der Waals surface area contributed by atoms with Crippen LogP contribution in [0.5, 0.6) is 5.75 Å². The fourth-order valence-corrected chi connectivity index (χ4v) is 2.30. The summed E-state index contributed by atoms with van der Waals surface area (Å²) in [7, 11) is 1.54. The molecular weight excluding hydrogens is 360 g/mol. The van der Waals surface area contributed by atoms with Gasteiger partial charge in [0.15, 0.2) is 6.61 Å². The molecule has 0 radical (unpaired) electrons. The SMILES string of the molecule is CCCCOC(=O)c1ccc(NC(=O)COc2cccc(C(=O)NC)c2)cc1. The highest BCUT2D eigenvalue weighted by Crippen LogP contribution is 2.14. The summed E-state index contributed by atoms with van der Waals surface area (Å²) < 4.78 is 10.6. The van der Waals surface area contributed by atoms with Gasteiger partial charge in [0.1, 0.15) is 5.75 Å². The van der Waals surface area contributed by atoms with E-state index in [1.54, 1.807) is 55.6 Å². The summed E-state index contributed by atoms with van der Waals surface area (Å²) in [6.45, 7) is 2.21. The minimum Gasteiger partial charge on any atom is -0.484 e. The smallest absolute Gasteiger partial charge is 0.338 e. The van der Waals surface area contributed by atoms with E-state index in [2.05, 4.69) is 10.6 Å². The monoisotopic (exact) mass is 384 g/mol. The second-order valence-electron chi connectivity index (χ2n) is 6.01. The standard InChI is InChI=1S/C21H24N2O5/c1-3-4-12-27-21(26)15-8-10-17(11-9-15)23-19(24)14-28-18-7-5-6-16(13-18)20(25)22-2/h5-11,13H,3-4,12,14H2,1-2H3,(H,22,25)(H,23,24). The molecule has 148 valence electrons. The highest BCUT2D eigenvalue weighted by Gasteiger charge is 2.09. The third-order valence-corrected chi connectivity index (χ3v) is 3.83. The second kappa shape index (κ2) is 10.7. The van der Waals surface area contributed by atoms with Crippen molar-refractivity contribution in [3.63, 3.8) is 0 Å². The van der Waals surface area contributed by atoms with Crippen molar-refractivity contribution in [2.45, 2.75) is 19.8 Å². The first-order valence-corrected chi connectivity index (χ1v) is 9.05. The van der Waals surface area contributed by atoms with Crippen molar-refractivity contribution in [3.8, 4) is 5.75 Å². The van der Waals surface area contributed by atoms with Gasteiger partial charge >= 0.3 is 5.97 Å². The quantitative estimate of drug-likeness (QED) is 0.512. The number of nitrogens with one attached hydrogen (secondary N) is 2. The predicted octanol–water partition coefficient (Wildman–Crippen LogP) is 3.02. The Bertz CT molecular complexity index is 818. The van der Waals surface area contributed by atoms with Crippen molar-refractivity contribution in [1.82, 2.24) is 5.32 Å². The number of carbonyl (C=O) groups is 3. The largest absolute Gasteiger partial charge is 0.484 e. The van der Waals surface area contributed by atoms with Crippen LogP contribution in [0.15, 0.2) is 48.5 Å². The molecule has 0 bridgehead atoms. The molecule has 0 fully saturated rings. The molecule has 2 amide bonds. The fourth-order valence-electron chi connectivity index (χ4n) is 2.30. The second-order valence-corrected chi connectivity index (χ2v) is 6.01. The van der Waals surface area contributed by atoms with Crippen molar-refractivity contribution in [3.05, 3.63) is 59.7 Å². The summed E-state index contributed by atoms with van der Waals surface area (Å²) in [5, 5.41) is 5.21. The van der Waals surface area contributed by atoms with Crippen LogP contribution in [0.2, 0.25) is 0 Å². The van der Waals surface area contributed by atoms with Gasteiger partial charge in [0.05, 0.1) is 12.2 Å². The zero-order valence-corrected chi connectivity index (χ0v) is 16.0. The Hall–Kier alpha value is -3.35. The third kappa shape index (κ3) is 6.42. The van der Waals surface area contributed by atoms with Gasteiger partial charge in [-0.2, -0.15) is 0 Å². The molecule has 0 unspecified atom stereocenters. The van der Waals surface area contributed by atoms with Gasteiger partial charge < -0.3 is 20.1 Å². The lowest BCUT2D eigenvalue weighted by atomic mass is 10.2. The number of hydrogen-bond donors (Lipinski definition) is 2. The highest BCUT2D eigenvalue weighted by molar-refractivity contribution is 5.95. The molecule has 2 aromatic rings. The Balaban J connectivity index is 1.84. The Morgan fingerprint density at radius 3 is 2.43 bits per heavy atom. The maximum atomic E-state index is 12.0. The molecule has 0 aliphatic carbocycles. The van der Waals surface area contributed by atoms with Gasteiger partial charge in [0, 0.05) is 18.3 Å². The van der Waals surface area contributed by atoms with Crippen LogP contribution < -0.4 is 15.4 Å². The number of esters is 1. The van der Waals surface area contributed by atoms with E-state index in [9.17, 15) is 14.4 Å². The number of carbonyl (C=O) groups excluding carboxylic acids is 3. The van der Waals surface area contributed by atoms with E-state index >= 15 is 0 Å². The highest BCUT2D eigenvalue weighted by atomic mass is 16.5. The topological polar surface area (TPSA) is 93.7 Å². The van der Waals surface area contributed by atoms with E-state index in [4.69, 9.17) is 9.47 Å². The summed E-state index contributed by atoms with van der Waals surface area (Å²) >= 11 is 0. The number of anilines is 1. The minimum atomic E-state index is -0.384. The van der Waals surface area contributed by atoms with Crippen LogP contribution in [-0.2, 0) is 9.53 Å². The Morgan fingerprint density at radius 2 is 1.75 bits per heavy atom. The third-order valence-electron chi connectivity index (χ3n) is 3.83. The molecule has 0 saturated heterocycles. The van der Waals surface area contributed by atoms with Crippen molar-refractivity contribution >= 4 is 23.5 Å². The average molecular weight is 384 g/mol. The average Bonchev–Trinajstić information content (AvgIpc) is 2.72. The Labute approximate surface area is 164 Å². The van der Waals surface area contributed by atoms with Crippen LogP contribution in [0.1, 0.15) is 40.5 Å². The number of hydrogen-bond acceptors (Lipinski definition) is 5. The van der Waals surface area contributed by atoms with E-state index < -0.39 is 0 Å². The number of unbranched alkanes of at least 4 members (excludes halogenated alkanes) is 1. The number of rotatable bonds is 9. The van der Waals surface area contributed by atoms with Crippen LogP contribution in [-0.4, -0.2) is 38.0 Å². The molecule has 0 aliphatic rings. The van der Waals surface area contributed by atoms with E-state index in [1.165, 1.54) is 0 Å². The molecular formula is C21H24N2O5. The molecule has 0 spiro atoms. The van der Waals surface area contributed by atoms with Crippen molar-refractivity contribution < 1.29 is 23.9 Å². The van der Waals surface area contributed by atoms with Gasteiger partial charge in [-0.05, 0) is 48.9 Å². The zero-order chi connectivity index (χ0) is 20.4. The molecule has 28 heavy (non-hydrogen) atoms. The van der Waals surface area contributed by atoms with Crippen molar-refractivity contribution in [2.75, 3.05) is 25.6 Å². The van der Waals surface area contributed by atoms with Crippen LogP contribution in [0.3, 0.4) is 0 Å². The maximum Gasteiger partial charge on any atom is 0.338 e. The maximum absolute atomic E-state index is 12.0. The number of amides is 2. The molecule has 2 aromatic carbocycles. The van der Waals surface area contributed by atoms with E-state index in [0.29, 0.717) is 29.2 Å². The van der Waals surface area contributed by atoms with Gasteiger partial charge in [0.2, 0.25) is 0 Å². The van der Waals surface area contributed by atoms with Gasteiger partial charge in [0.25, 0.3) is 11.8 Å². The van der Waals surface area contributed by atoms with Gasteiger partial charge in [-0.15, -0.1) is 0 Å². The van der Waals surface area contributed by atoms with Gasteiger partial charge in [-0.1, -0.05) is 19.4 Å². The Kier molecular flexibility index (Phi) is 8.02. The van der Waals surface area contributed by atoms with E-state index in [-0.39, 0.29) is 24.4 Å². The van der Waals surface area contributed by atoms with Crippen LogP contribution in [0.4, 0.5) is 5.69 Å². The van der Waals surface area contributed by atoms with E-state index in [1.807, 2.05) is 6.92 Å². The molecule has 0 saturated carbocycles. The predicted molar refractivity (Wildman–Crippen MR) is 106 cm³/mol. The lowest BCUT2D eigenvalue weighted by Crippen LogP contribution is -2.21. The molecule has 0 heterocycles. The van der Waals surface area contributed by atoms with Crippen molar-refractivity contribution in [2.24, 2.45) is 0 Å². The summed E-state index contributed by atoms with van der Waals surface area (Å²) in [5.41, 5.74) is 1.41. The minimum absolute atomic E-state index is 0.210. The summed E-state index contributed by atoms with van der Waals surface area (Å²) in [6, 6.07) is 13.0. The molecule has 7 nitrogen and oxygen atoms in total. The van der Waals surface area contributed by atoms with E-state index in [0.717, 1.165) is 12.8 Å². The fraction of sp³-hybridized carbons (Fsp3) is 0.286. The lowest BCUT2D eigenvalue weighted by Gasteiger charge is -2.09. The van der Waals surface area contributed by atoms with Crippen LogP contribution >= 0.6 is 0 Å². The summed E-state index contributed by atoms with van der Waals surface area (Å²) in [5.74, 6) is -0.557. The molecule has 7 heteroatoms. The normalized spacial score (nSPS) is 10.1. The van der Waals surface area contributed by atoms with Gasteiger partial charge in [-0.25, -0.2) is 4.79 Å².